The van der Waals surface area contributed by atoms with Gasteiger partial charge in [0.25, 0.3) is 0 Å². The summed E-state index contributed by atoms with van der Waals surface area (Å²) in [5.74, 6) is 1.45. The van der Waals surface area contributed by atoms with Gasteiger partial charge in [-0.3, -0.25) is 0 Å². The highest BCUT2D eigenvalue weighted by molar-refractivity contribution is 6.42. The highest BCUT2D eigenvalue weighted by Gasteiger charge is 2.18. The van der Waals surface area contributed by atoms with Crippen molar-refractivity contribution in [1.29, 1.82) is 5.26 Å². The molecule has 0 saturated carbocycles. The SMILES string of the molecule is COc1ccc(-c2cc(-c3ccc(Cl)c(Cl)c3)c(C#N)c(OC)n2)c(OC)c1. The van der Waals surface area contributed by atoms with Gasteiger partial charge < -0.3 is 14.2 Å². The Kier molecular flexibility index (Phi) is 5.93. The number of methoxy groups -OCH3 is 3. The van der Waals surface area contributed by atoms with Crippen LogP contribution in [0.1, 0.15) is 5.56 Å². The summed E-state index contributed by atoms with van der Waals surface area (Å²) in [6.45, 7) is 0. The monoisotopic (exact) mass is 414 g/mol. The van der Waals surface area contributed by atoms with Crippen LogP contribution in [-0.4, -0.2) is 26.3 Å². The number of benzene rings is 2. The number of rotatable bonds is 5. The Balaban J connectivity index is 2.27. The Morgan fingerprint density at radius 2 is 1.64 bits per heavy atom. The van der Waals surface area contributed by atoms with Crippen LogP contribution in [0.25, 0.3) is 22.4 Å². The van der Waals surface area contributed by atoms with Crippen molar-refractivity contribution >= 4 is 23.2 Å². The first-order valence-electron chi connectivity index (χ1n) is 8.19. The predicted molar refractivity (Wildman–Crippen MR) is 110 cm³/mol. The number of nitrogens with zero attached hydrogens (tertiary/aromatic N) is 2. The van der Waals surface area contributed by atoms with Gasteiger partial charge >= 0.3 is 0 Å². The topological polar surface area (TPSA) is 64.4 Å². The van der Waals surface area contributed by atoms with Gasteiger partial charge in [0.15, 0.2) is 0 Å². The normalized spacial score (nSPS) is 10.3. The van der Waals surface area contributed by atoms with Crippen LogP contribution >= 0.6 is 23.2 Å². The van der Waals surface area contributed by atoms with Crippen molar-refractivity contribution in [2.24, 2.45) is 0 Å². The number of hydrogen-bond donors (Lipinski definition) is 0. The fraction of sp³-hybridized carbons (Fsp3) is 0.143. The third kappa shape index (κ3) is 3.70. The zero-order valence-corrected chi connectivity index (χ0v) is 16.9. The molecule has 0 aliphatic heterocycles. The molecule has 0 unspecified atom stereocenters. The highest BCUT2D eigenvalue weighted by atomic mass is 35.5. The summed E-state index contributed by atoms with van der Waals surface area (Å²) in [6.07, 6.45) is 0. The van der Waals surface area contributed by atoms with Crippen LogP contribution < -0.4 is 14.2 Å². The quantitative estimate of drug-likeness (QED) is 0.541. The maximum absolute atomic E-state index is 9.68. The van der Waals surface area contributed by atoms with Gasteiger partial charge in [-0.25, -0.2) is 4.98 Å². The summed E-state index contributed by atoms with van der Waals surface area (Å²) < 4.78 is 16.1. The van der Waals surface area contributed by atoms with Crippen LogP contribution in [0, 0.1) is 11.3 Å². The average Bonchev–Trinajstić information content (AvgIpc) is 2.74. The second-order valence-electron chi connectivity index (χ2n) is 5.75. The van der Waals surface area contributed by atoms with Crippen LogP contribution in [0.2, 0.25) is 10.0 Å². The van der Waals surface area contributed by atoms with E-state index in [1.54, 1.807) is 44.6 Å². The summed E-state index contributed by atoms with van der Waals surface area (Å²) in [7, 11) is 4.62. The molecule has 0 atom stereocenters. The molecule has 5 nitrogen and oxygen atoms in total. The van der Waals surface area contributed by atoms with Crippen LogP contribution in [-0.2, 0) is 0 Å². The van der Waals surface area contributed by atoms with Crippen molar-refractivity contribution in [2.45, 2.75) is 0 Å². The molecule has 1 aromatic heterocycles. The molecule has 0 amide bonds. The number of nitriles is 1. The molecule has 0 bridgehead atoms. The van der Waals surface area contributed by atoms with Gasteiger partial charge in [0.05, 0.1) is 37.1 Å². The van der Waals surface area contributed by atoms with E-state index in [-0.39, 0.29) is 5.88 Å². The van der Waals surface area contributed by atoms with Crippen molar-refractivity contribution in [3.05, 3.63) is 58.1 Å². The largest absolute Gasteiger partial charge is 0.497 e. The Morgan fingerprint density at radius 3 is 2.25 bits per heavy atom. The molecule has 3 aromatic rings. The minimum absolute atomic E-state index is 0.207. The first kappa shape index (κ1) is 19.8. The molecule has 0 aliphatic rings. The molecule has 7 heteroatoms. The molecule has 0 fully saturated rings. The number of halogens is 2. The average molecular weight is 415 g/mol. The molecule has 142 valence electrons. The van der Waals surface area contributed by atoms with E-state index in [0.29, 0.717) is 38.4 Å². The lowest BCUT2D eigenvalue weighted by Crippen LogP contribution is -1.99. The molecule has 2 aromatic carbocycles. The summed E-state index contributed by atoms with van der Waals surface area (Å²) in [6, 6.07) is 14.5. The van der Waals surface area contributed by atoms with Crippen LogP contribution in [0.5, 0.6) is 17.4 Å². The van der Waals surface area contributed by atoms with E-state index >= 15 is 0 Å². The molecular formula is C21H16Cl2N2O3. The van der Waals surface area contributed by atoms with E-state index in [2.05, 4.69) is 11.1 Å². The zero-order valence-electron chi connectivity index (χ0n) is 15.4. The lowest BCUT2D eigenvalue weighted by Gasteiger charge is -2.14. The minimum Gasteiger partial charge on any atom is -0.497 e. The highest BCUT2D eigenvalue weighted by Crippen LogP contribution is 2.39. The number of aromatic nitrogens is 1. The van der Waals surface area contributed by atoms with E-state index in [0.717, 1.165) is 11.1 Å². The third-order valence-electron chi connectivity index (χ3n) is 4.21. The van der Waals surface area contributed by atoms with Crippen LogP contribution in [0.15, 0.2) is 42.5 Å². The van der Waals surface area contributed by atoms with E-state index in [1.807, 2.05) is 12.1 Å². The predicted octanol–water partition coefficient (Wildman–Crippen LogP) is 5.62. The summed E-state index contributed by atoms with van der Waals surface area (Å²) in [5.41, 5.74) is 2.96. The van der Waals surface area contributed by atoms with Crippen LogP contribution in [0.4, 0.5) is 0 Å². The fourth-order valence-corrected chi connectivity index (χ4v) is 3.11. The third-order valence-corrected chi connectivity index (χ3v) is 4.95. The van der Waals surface area contributed by atoms with Gasteiger partial charge in [-0.2, -0.15) is 5.26 Å². The lowest BCUT2D eigenvalue weighted by molar-refractivity contribution is 0.393. The molecule has 0 spiro atoms. The fourth-order valence-electron chi connectivity index (χ4n) is 2.82. The molecule has 0 aliphatic carbocycles. The van der Waals surface area contributed by atoms with Gasteiger partial charge in [-0.1, -0.05) is 29.3 Å². The summed E-state index contributed by atoms with van der Waals surface area (Å²) in [4.78, 5) is 4.50. The van der Waals surface area contributed by atoms with Gasteiger partial charge in [-0.05, 0) is 35.9 Å². The Morgan fingerprint density at radius 1 is 0.857 bits per heavy atom. The number of ether oxygens (including phenoxy) is 3. The first-order valence-corrected chi connectivity index (χ1v) is 8.95. The summed E-state index contributed by atoms with van der Waals surface area (Å²) in [5, 5.41) is 10.5. The van der Waals surface area contributed by atoms with Gasteiger partial charge in [-0.15, -0.1) is 0 Å². The van der Waals surface area contributed by atoms with Crippen molar-refractivity contribution < 1.29 is 14.2 Å². The molecule has 0 N–H and O–H groups in total. The van der Waals surface area contributed by atoms with Gasteiger partial charge in [0.1, 0.15) is 23.1 Å². The van der Waals surface area contributed by atoms with E-state index in [9.17, 15) is 5.26 Å². The second kappa shape index (κ2) is 8.39. The minimum atomic E-state index is 0.207. The van der Waals surface area contributed by atoms with Crippen molar-refractivity contribution in [1.82, 2.24) is 4.98 Å². The molecule has 3 rings (SSSR count). The zero-order chi connectivity index (χ0) is 20.3. The van der Waals surface area contributed by atoms with Crippen LogP contribution in [0.3, 0.4) is 0 Å². The Hall–Kier alpha value is -2.94. The number of pyridine rings is 1. The Labute approximate surface area is 173 Å². The van der Waals surface area contributed by atoms with E-state index in [4.69, 9.17) is 37.4 Å². The molecular weight excluding hydrogens is 399 g/mol. The standard InChI is InChI=1S/C21H16Cl2N2O3/c1-26-13-5-6-14(20(9-13)27-2)19-10-15(16(11-24)21(25-19)28-3)12-4-7-17(22)18(23)8-12/h4-10H,1-3H3. The lowest BCUT2D eigenvalue weighted by atomic mass is 9.98. The van der Waals surface area contributed by atoms with Crippen molar-refractivity contribution in [3.63, 3.8) is 0 Å². The smallest absolute Gasteiger partial charge is 0.232 e. The van der Waals surface area contributed by atoms with Crippen molar-refractivity contribution in [2.75, 3.05) is 21.3 Å². The molecule has 0 radical (unpaired) electrons. The molecule has 28 heavy (non-hydrogen) atoms. The maximum atomic E-state index is 9.68. The Bertz CT molecular complexity index is 1080. The number of hydrogen-bond acceptors (Lipinski definition) is 5. The first-order chi connectivity index (χ1) is 13.5. The summed E-state index contributed by atoms with van der Waals surface area (Å²) >= 11 is 12.2. The second-order valence-corrected chi connectivity index (χ2v) is 6.56. The van der Waals surface area contributed by atoms with E-state index < -0.39 is 0 Å². The van der Waals surface area contributed by atoms with Crippen molar-refractivity contribution in [3.8, 4) is 45.8 Å². The van der Waals surface area contributed by atoms with E-state index in [1.165, 1.54) is 7.11 Å². The molecule has 0 saturated heterocycles. The van der Waals surface area contributed by atoms with Gasteiger partial charge in [0.2, 0.25) is 5.88 Å². The maximum Gasteiger partial charge on any atom is 0.232 e. The van der Waals surface area contributed by atoms with Gasteiger partial charge in [0, 0.05) is 17.2 Å². The molecule has 1 heterocycles.